The number of esters is 1. The fraction of sp³-hybridized carbons (Fsp3) is 0.333. The Bertz CT molecular complexity index is 953. The third-order valence-corrected chi connectivity index (χ3v) is 4.79. The first-order valence-corrected chi connectivity index (χ1v) is 10.1. The highest BCUT2D eigenvalue weighted by atomic mass is 16.6. The number of fused-ring (bicyclic) bond motifs is 1. The van der Waals surface area contributed by atoms with Gasteiger partial charge in [0, 0.05) is 11.6 Å². The molecule has 0 bridgehead atoms. The molecule has 1 aliphatic heterocycles. The first-order chi connectivity index (χ1) is 15.0. The average molecular weight is 425 g/mol. The summed E-state index contributed by atoms with van der Waals surface area (Å²) in [5, 5.41) is 2.93. The Kier molecular flexibility index (Phi) is 7.54. The van der Waals surface area contributed by atoms with Gasteiger partial charge >= 0.3 is 5.97 Å². The van der Waals surface area contributed by atoms with Gasteiger partial charge in [0.15, 0.2) is 18.1 Å². The lowest BCUT2D eigenvalue weighted by atomic mass is 9.95. The number of methoxy groups -OCH3 is 1. The van der Waals surface area contributed by atoms with Crippen LogP contribution in [-0.2, 0) is 14.3 Å². The van der Waals surface area contributed by atoms with E-state index in [1.807, 2.05) is 50.2 Å². The third-order valence-electron chi connectivity index (χ3n) is 4.79. The molecule has 0 fully saturated rings. The van der Waals surface area contributed by atoms with Crippen LogP contribution in [0.3, 0.4) is 0 Å². The van der Waals surface area contributed by atoms with Gasteiger partial charge in [-0.2, -0.15) is 0 Å². The highest BCUT2D eigenvalue weighted by molar-refractivity contribution is 5.89. The maximum absolute atomic E-state index is 12.4. The van der Waals surface area contributed by atoms with Crippen LogP contribution in [0.1, 0.15) is 31.0 Å². The summed E-state index contributed by atoms with van der Waals surface area (Å²) in [4.78, 5) is 24.4. The van der Waals surface area contributed by atoms with Crippen LogP contribution >= 0.6 is 0 Å². The second-order valence-corrected chi connectivity index (χ2v) is 7.38. The third kappa shape index (κ3) is 6.01. The van der Waals surface area contributed by atoms with Gasteiger partial charge in [-0.15, -0.1) is 0 Å². The molecule has 7 heteroatoms. The van der Waals surface area contributed by atoms with Crippen molar-refractivity contribution in [3.05, 3.63) is 59.7 Å². The number of hydrogen-bond acceptors (Lipinski definition) is 6. The van der Waals surface area contributed by atoms with Crippen molar-refractivity contribution in [1.29, 1.82) is 0 Å². The van der Waals surface area contributed by atoms with E-state index in [-0.39, 0.29) is 24.5 Å². The largest absolute Gasteiger partial charge is 0.496 e. The van der Waals surface area contributed by atoms with E-state index >= 15 is 0 Å². The molecular weight excluding hydrogens is 398 g/mol. The Morgan fingerprint density at radius 3 is 2.58 bits per heavy atom. The lowest BCUT2D eigenvalue weighted by molar-refractivity contribution is -0.144. The maximum Gasteiger partial charge on any atom is 0.331 e. The first kappa shape index (κ1) is 22.2. The van der Waals surface area contributed by atoms with Crippen molar-refractivity contribution in [1.82, 2.24) is 5.32 Å². The molecule has 7 nitrogen and oxygen atoms in total. The minimum Gasteiger partial charge on any atom is -0.496 e. The Hall–Kier alpha value is -3.48. The molecular formula is C24H27NO6. The van der Waals surface area contributed by atoms with E-state index in [0.717, 1.165) is 11.1 Å². The van der Waals surface area contributed by atoms with Crippen molar-refractivity contribution in [2.24, 2.45) is 5.92 Å². The fourth-order valence-corrected chi connectivity index (χ4v) is 3.25. The molecule has 0 unspecified atom stereocenters. The number of ether oxygens (including phenoxy) is 4. The highest BCUT2D eigenvalue weighted by Crippen LogP contribution is 2.34. The van der Waals surface area contributed by atoms with Gasteiger partial charge in [0.05, 0.1) is 13.2 Å². The van der Waals surface area contributed by atoms with Gasteiger partial charge in [-0.3, -0.25) is 4.79 Å². The normalized spacial score (nSPS) is 13.7. The average Bonchev–Trinajstić information content (AvgIpc) is 2.79. The summed E-state index contributed by atoms with van der Waals surface area (Å²) in [6.07, 6.45) is 2.86. The van der Waals surface area contributed by atoms with Crippen LogP contribution in [0, 0.1) is 5.92 Å². The summed E-state index contributed by atoms with van der Waals surface area (Å²) in [7, 11) is 1.56. The molecule has 0 aliphatic carbocycles. The van der Waals surface area contributed by atoms with E-state index in [4.69, 9.17) is 18.9 Å². The van der Waals surface area contributed by atoms with Crippen LogP contribution in [-0.4, -0.2) is 38.8 Å². The molecule has 0 spiro atoms. The number of nitrogens with one attached hydrogen (secondary N) is 1. The van der Waals surface area contributed by atoms with Crippen molar-refractivity contribution >= 4 is 18.0 Å². The summed E-state index contributed by atoms with van der Waals surface area (Å²) in [6.45, 7) is 4.65. The van der Waals surface area contributed by atoms with Gasteiger partial charge in [-0.05, 0) is 35.8 Å². The molecule has 3 rings (SSSR count). The van der Waals surface area contributed by atoms with Gasteiger partial charge in [0.25, 0.3) is 5.91 Å². The van der Waals surface area contributed by atoms with Crippen LogP contribution in [0.5, 0.6) is 17.2 Å². The van der Waals surface area contributed by atoms with Crippen LogP contribution in [0.4, 0.5) is 0 Å². The highest BCUT2D eigenvalue weighted by Gasteiger charge is 2.22. The quantitative estimate of drug-likeness (QED) is 0.515. The minimum atomic E-state index is -0.610. The molecule has 2 aromatic carbocycles. The summed E-state index contributed by atoms with van der Waals surface area (Å²) < 4.78 is 21.5. The Balaban J connectivity index is 1.57. The van der Waals surface area contributed by atoms with E-state index < -0.39 is 5.97 Å². The maximum atomic E-state index is 12.4. The number of amides is 1. The molecule has 164 valence electrons. The molecule has 0 saturated heterocycles. The number of carbonyl (C=O) groups is 2. The molecule has 0 aromatic heterocycles. The monoisotopic (exact) mass is 425 g/mol. The van der Waals surface area contributed by atoms with Crippen LogP contribution in [0.2, 0.25) is 0 Å². The molecule has 0 radical (unpaired) electrons. The van der Waals surface area contributed by atoms with E-state index in [1.165, 1.54) is 6.08 Å². The zero-order chi connectivity index (χ0) is 22.2. The fourth-order valence-electron chi connectivity index (χ4n) is 3.25. The molecule has 1 N–H and O–H groups in total. The van der Waals surface area contributed by atoms with E-state index in [1.54, 1.807) is 19.3 Å². The van der Waals surface area contributed by atoms with Crippen molar-refractivity contribution in [2.75, 3.05) is 26.9 Å². The Morgan fingerprint density at radius 1 is 1.10 bits per heavy atom. The minimum absolute atomic E-state index is 0.118. The molecule has 1 heterocycles. The van der Waals surface area contributed by atoms with Gasteiger partial charge in [-0.25, -0.2) is 4.79 Å². The van der Waals surface area contributed by atoms with Crippen molar-refractivity contribution in [2.45, 2.75) is 19.9 Å². The van der Waals surface area contributed by atoms with E-state index in [2.05, 4.69) is 5.32 Å². The molecule has 1 aliphatic rings. The lowest BCUT2D eigenvalue weighted by Crippen LogP contribution is -2.35. The number of carbonyl (C=O) groups excluding carboxylic acids is 2. The number of hydrogen-bond donors (Lipinski definition) is 1. The molecule has 0 saturated carbocycles. The first-order valence-electron chi connectivity index (χ1n) is 10.1. The second kappa shape index (κ2) is 10.5. The summed E-state index contributed by atoms with van der Waals surface area (Å²) in [5.41, 5.74) is 1.64. The number of benzene rings is 2. The zero-order valence-corrected chi connectivity index (χ0v) is 17.9. The van der Waals surface area contributed by atoms with Crippen molar-refractivity contribution in [3.8, 4) is 17.2 Å². The van der Waals surface area contributed by atoms with Crippen LogP contribution in [0.25, 0.3) is 6.08 Å². The van der Waals surface area contributed by atoms with Gasteiger partial charge in [-0.1, -0.05) is 38.1 Å². The topological polar surface area (TPSA) is 83.1 Å². The lowest BCUT2D eigenvalue weighted by Gasteiger charge is -2.25. The van der Waals surface area contributed by atoms with Gasteiger partial charge in [0.2, 0.25) is 0 Å². The summed E-state index contributed by atoms with van der Waals surface area (Å²) >= 11 is 0. The van der Waals surface area contributed by atoms with Crippen molar-refractivity contribution < 1.29 is 28.5 Å². The SMILES string of the molecule is COc1ccccc1/C=C/C(=O)OCC(=O)N[C@H](c1ccc2c(c1)OCCO2)C(C)C. The van der Waals surface area contributed by atoms with Crippen molar-refractivity contribution in [3.63, 3.8) is 0 Å². The molecule has 2 aromatic rings. The second-order valence-electron chi connectivity index (χ2n) is 7.38. The van der Waals surface area contributed by atoms with Crippen LogP contribution < -0.4 is 19.5 Å². The summed E-state index contributed by atoms with van der Waals surface area (Å²) in [5.74, 6) is 1.13. The molecule has 1 atom stereocenters. The Labute approximate surface area is 181 Å². The van der Waals surface area contributed by atoms with Gasteiger partial charge in [0.1, 0.15) is 19.0 Å². The smallest absolute Gasteiger partial charge is 0.331 e. The number of rotatable bonds is 8. The predicted octanol–water partition coefficient (Wildman–Crippen LogP) is 3.54. The standard InChI is InChI=1S/C24H27NO6/c1-16(2)24(18-8-10-20-21(14-18)30-13-12-29-20)25-22(26)15-31-23(27)11-9-17-6-4-5-7-19(17)28-3/h4-11,14,16,24H,12-13,15H2,1-3H3,(H,25,26)/b11-9+/t24-/m0/s1. The van der Waals surface area contributed by atoms with Crippen LogP contribution in [0.15, 0.2) is 48.5 Å². The zero-order valence-electron chi connectivity index (χ0n) is 17.9. The van der Waals surface area contributed by atoms with E-state index in [9.17, 15) is 9.59 Å². The van der Waals surface area contributed by atoms with E-state index in [0.29, 0.717) is 30.5 Å². The Morgan fingerprint density at radius 2 is 1.84 bits per heavy atom. The number of para-hydroxylation sites is 1. The molecule has 1 amide bonds. The van der Waals surface area contributed by atoms with Gasteiger partial charge < -0.3 is 24.3 Å². The predicted molar refractivity (Wildman–Crippen MR) is 116 cm³/mol. The summed E-state index contributed by atoms with van der Waals surface area (Å²) in [6, 6.07) is 12.6. The molecule has 31 heavy (non-hydrogen) atoms.